The van der Waals surface area contributed by atoms with E-state index in [1.54, 1.807) is 36.2 Å². The first kappa shape index (κ1) is 23.6. The summed E-state index contributed by atoms with van der Waals surface area (Å²) in [6.07, 6.45) is 0. The lowest BCUT2D eigenvalue weighted by Gasteiger charge is -2.18. The molecule has 0 heterocycles. The summed E-state index contributed by atoms with van der Waals surface area (Å²) < 4.78 is 5.72. The van der Waals surface area contributed by atoms with Crippen molar-refractivity contribution in [1.82, 2.24) is 4.90 Å². The quantitative estimate of drug-likeness (QED) is 0.434. The third-order valence-corrected chi connectivity index (χ3v) is 4.80. The van der Waals surface area contributed by atoms with Gasteiger partial charge in [-0.2, -0.15) is 0 Å². The number of benzene rings is 3. The molecule has 6 nitrogen and oxygen atoms in total. The van der Waals surface area contributed by atoms with Gasteiger partial charge in [0.1, 0.15) is 12.4 Å². The molecule has 0 radical (unpaired) electrons. The maximum Gasteiger partial charge on any atom is 0.253 e. The van der Waals surface area contributed by atoms with Gasteiger partial charge in [0, 0.05) is 24.8 Å². The molecule has 2 N–H and O–H groups in total. The molecule has 0 saturated carbocycles. The minimum absolute atomic E-state index is 0.0551. The zero-order chi connectivity index (χ0) is 23.6. The van der Waals surface area contributed by atoms with Crippen molar-refractivity contribution in [1.29, 1.82) is 0 Å². The summed E-state index contributed by atoms with van der Waals surface area (Å²) in [5.41, 5.74) is 3.76. The highest BCUT2D eigenvalue weighted by molar-refractivity contribution is 5.98. The number of rotatable bonds is 10. The largest absolute Gasteiger partial charge is 0.487 e. The van der Waals surface area contributed by atoms with Crippen molar-refractivity contribution >= 4 is 23.2 Å². The Morgan fingerprint density at radius 1 is 0.970 bits per heavy atom. The lowest BCUT2D eigenvalue weighted by atomic mass is 10.1. The second-order valence-corrected chi connectivity index (χ2v) is 7.87. The van der Waals surface area contributed by atoms with E-state index in [0.29, 0.717) is 30.2 Å². The zero-order valence-electron chi connectivity index (χ0n) is 19.0. The zero-order valence-corrected chi connectivity index (χ0v) is 19.0. The van der Waals surface area contributed by atoms with E-state index in [1.807, 2.05) is 61.5 Å². The van der Waals surface area contributed by atoms with Crippen LogP contribution in [0.4, 0.5) is 11.4 Å². The Balaban J connectivity index is 1.57. The summed E-state index contributed by atoms with van der Waals surface area (Å²) in [4.78, 5) is 27.0. The smallest absolute Gasteiger partial charge is 0.253 e. The first-order valence-electron chi connectivity index (χ1n) is 10.7. The molecule has 0 atom stereocenters. The second-order valence-electron chi connectivity index (χ2n) is 7.87. The van der Waals surface area contributed by atoms with Crippen molar-refractivity contribution in [3.05, 3.63) is 102 Å². The number of carbonyl (C=O) groups is 2. The van der Waals surface area contributed by atoms with Gasteiger partial charge in [-0.25, -0.2) is 0 Å². The summed E-state index contributed by atoms with van der Waals surface area (Å²) in [5, 5.41) is 5.94. The Morgan fingerprint density at radius 3 is 2.45 bits per heavy atom. The third-order valence-electron chi connectivity index (χ3n) is 4.80. The fourth-order valence-electron chi connectivity index (χ4n) is 3.20. The van der Waals surface area contributed by atoms with Gasteiger partial charge < -0.3 is 20.3 Å². The molecule has 0 unspecified atom stereocenters. The molecule has 0 aliphatic carbocycles. The van der Waals surface area contributed by atoms with E-state index in [1.165, 1.54) is 0 Å². The van der Waals surface area contributed by atoms with Crippen LogP contribution >= 0.6 is 0 Å². The number of hydrogen-bond donors (Lipinski definition) is 2. The highest BCUT2D eigenvalue weighted by Gasteiger charge is 2.13. The maximum atomic E-state index is 12.8. The average molecular weight is 444 g/mol. The van der Waals surface area contributed by atoms with Crippen molar-refractivity contribution in [3.8, 4) is 5.75 Å². The lowest BCUT2D eigenvalue weighted by Crippen LogP contribution is -2.26. The molecule has 2 amide bonds. The maximum absolute atomic E-state index is 12.8. The minimum Gasteiger partial charge on any atom is -0.487 e. The number of hydrogen-bond acceptors (Lipinski definition) is 4. The Morgan fingerprint density at radius 2 is 1.70 bits per heavy atom. The van der Waals surface area contributed by atoms with E-state index >= 15 is 0 Å². The van der Waals surface area contributed by atoms with Gasteiger partial charge in [0.2, 0.25) is 5.91 Å². The van der Waals surface area contributed by atoms with Crippen LogP contribution in [0.5, 0.6) is 5.75 Å². The minimum atomic E-state index is -0.230. The van der Waals surface area contributed by atoms with Crippen molar-refractivity contribution < 1.29 is 14.3 Å². The molecule has 3 rings (SSSR count). The van der Waals surface area contributed by atoms with E-state index in [4.69, 9.17) is 4.74 Å². The molecule has 3 aromatic carbocycles. The Bertz CT molecular complexity index is 1110. The monoisotopic (exact) mass is 443 g/mol. The summed E-state index contributed by atoms with van der Waals surface area (Å²) in [7, 11) is 1.76. The van der Waals surface area contributed by atoms with Gasteiger partial charge in [0.05, 0.1) is 12.2 Å². The first-order valence-corrected chi connectivity index (χ1v) is 10.7. The molecule has 0 aliphatic heterocycles. The standard InChI is InChI=1S/C27H29N3O3/c1-20(2)19-33-25-15-8-7-14-24(25)28-17-26(31)29-23-13-9-12-22(16-23)27(32)30(3)18-21-10-5-4-6-11-21/h4-16,28H,1,17-19H2,2-3H3,(H,29,31). The van der Waals surface area contributed by atoms with Gasteiger partial charge in [0.25, 0.3) is 5.91 Å². The van der Waals surface area contributed by atoms with Crippen LogP contribution in [0.25, 0.3) is 0 Å². The summed E-state index contributed by atoms with van der Waals surface area (Å²) >= 11 is 0. The highest BCUT2D eigenvalue weighted by Crippen LogP contribution is 2.24. The number of carbonyl (C=O) groups excluding carboxylic acids is 2. The Kier molecular flexibility index (Phi) is 8.24. The predicted octanol–water partition coefficient (Wildman–Crippen LogP) is 4.96. The molecule has 3 aromatic rings. The van der Waals surface area contributed by atoms with Gasteiger partial charge in [-0.05, 0) is 48.4 Å². The van der Waals surface area contributed by atoms with Crippen molar-refractivity contribution in [2.45, 2.75) is 13.5 Å². The van der Waals surface area contributed by atoms with Crippen LogP contribution in [-0.4, -0.2) is 36.9 Å². The molecule has 0 aliphatic rings. The second kappa shape index (κ2) is 11.5. The van der Waals surface area contributed by atoms with Crippen LogP contribution in [0.15, 0.2) is 91.0 Å². The molecule has 0 spiro atoms. The fourth-order valence-corrected chi connectivity index (χ4v) is 3.20. The normalized spacial score (nSPS) is 10.2. The van der Waals surface area contributed by atoms with E-state index in [9.17, 15) is 9.59 Å². The van der Waals surface area contributed by atoms with Crippen LogP contribution in [-0.2, 0) is 11.3 Å². The average Bonchev–Trinajstić information content (AvgIpc) is 2.82. The van der Waals surface area contributed by atoms with Gasteiger partial charge in [-0.15, -0.1) is 0 Å². The van der Waals surface area contributed by atoms with Gasteiger partial charge in [-0.1, -0.05) is 55.1 Å². The van der Waals surface area contributed by atoms with Crippen LogP contribution in [0, 0.1) is 0 Å². The van der Waals surface area contributed by atoms with Crippen LogP contribution in [0.2, 0.25) is 0 Å². The lowest BCUT2D eigenvalue weighted by molar-refractivity contribution is -0.114. The summed E-state index contributed by atoms with van der Waals surface area (Å²) in [5.74, 6) is 0.311. The molecule has 170 valence electrons. The molecule has 33 heavy (non-hydrogen) atoms. The fraction of sp³-hybridized carbons (Fsp3) is 0.185. The van der Waals surface area contributed by atoms with Crippen molar-refractivity contribution in [3.63, 3.8) is 0 Å². The van der Waals surface area contributed by atoms with Gasteiger partial charge >= 0.3 is 0 Å². The number of nitrogens with one attached hydrogen (secondary N) is 2. The molecule has 0 bridgehead atoms. The highest BCUT2D eigenvalue weighted by atomic mass is 16.5. The Hall–Kier alpha value is -4.06. The van der Waals surface area contributed by atoms with Crippen molar-refractivity contribution in [2.24, 2.45) is 0 Å². The molecular weight excluding hydrogens is 414 g/mol. The summed E-state index contributed by atoms with van der Waals surface area (Å²) in [6, 6.07) is 24.2. The number of anilines is 2. The molecule has 0 aromatic heterocycles. The van der Waals surface area contributed by atoms with Crippen LogP contribution in [0.3, 0.4) is 0 Å². The Labute approximate surface area is 194 Å². The van der Waals surface area contributed by atoms with Crippen LogP contribution < -0.4 is 15.4 Å². The molecule has 0 saturated heterocycles. The SMILES string of the molecule is C=C(C)COc1ccccc1NCC(=O)Nc1cccc(C(=O)N(C)Cc2ccccc2)c1. The van der Waals surface area contributed by atoms with E-state index in [-0.39, 0.29) is 18.4 Å². The number of para-hydroxylation sites is 2. The predicted molar refractivity (Wildman–Crippen MR) is 133 cm³/mol. The topological polar surface area (TPSA) is 70.7 Å². The van der Waals surface area contributed by atoms with Crippen molar-refractivity contribution in [2.75, 3.05) is 30.8 Å². The number of amides is 2. The van der Waals surface area contributed by atoms with E-state index < -0.39 is 0 Å². The molecule has 6 heteroatoms. The number of ether oxygens (including phenoxy) is 1. The molecule has 0 fully saturated rings. The van der Waals surface area contributed by atoms with E-state index in [2.05, 4.69) is 17.2 Å². The van der Waals surface area contributed by atoms with Gasteiger partial charge in [0.15, 0.2) is 0 Å². The molecular formula is C27H29N3O3. The van der Waals surface area contributed by atoms with Gasteiger partial charge in [-0.3, -0.25) is 9.59 Å². The number of nitrogens with zero attached hydrogens (tertiary/aromatic N) is 1. The van der Waals surface area contributed by atoms with Crippen LogP contribution in [0.1, 0.15) is 22.8 Å². The first-order chi connectivity index (χ1) is 15.9. The summed E-state index contributed by atoms with van der Waals surface area (Å²) in [6.45, 7) is 6.70. The third kappa shape index (κ3) is 7.25. The van der Waals surface area contributed by atoms with E-state index in [0.717, 1.165) is 16.8 Å².